The van der Waals surface area contributed by atoms with Gasteiger partial charge in [-0.1, -0.05) is 17.3 Å². The minimum Gasteiger partial charge on any atom is -0.479 e. The summed E-state index contributed by atoms with van der Waals surface area (Å²) in [4.78, 5) is 0. The summed E-state index contributed by atoms with van der Waals surface area (Å²) in [6, 6.07) is 8.78. The Kier molecular flexibility index (Phi) is 3.33. The molecule has 1 rings (SSSR count). The van der Waals surface area contributed by atoms with Gasteiger partial charge in [-0.3, -0.25) is 0 Å². The Morgan fingerprint density at radius 1 is 1.62 bits per heavy atom. The van der Waals surface area contributed by atoms with Gasteiger partial charge in [-0.05, 0) is 17.7 Å². The standard InChI is InChI=1S/C9H8N2O2/c10-4-5-13-9-3-1-2-8(6-9)7-11-12/h1-3,6-7,12H,5H2/b11-7+. The molecule has 4 heteroatoms. The van der Waals surface area contributed by atoms with Crippen LogP contribution in [0.25, 0.3) is 0 Å². The molecule has 0 fully saturated rings. The number of nitriles is 1. The normalized spacial score (nSPS) is 9.77. The van der Waals surface area contributed by atoms with Crippen LogP contribution in [0.2, 0.25) is 0 Å². The van der Waals surface area contributed by atoms with Crippen molar-refractivity contribution in [2.45, 2.75) is 0 Å². The van der Waals surface area contributed by atoms with E-state index >= 15 is 0 Å². The lowest BCUT2D eigenvalue weighted by atomic mass is 10.2. The minimum absolute atomic E-state index is 0.0136. The monoisotopic (exact) mass is 176 g/mol. The summed E-state index contributed by atoms with van der Waals surface area (Å²) in [7, 11) is 0. The fourth-order valence-corrected chi connectivity index (χ4v) is 0.867. The van der Waals surface area contributed by atoms with Gasteiger partial charge >= 0.3 is 0 Å². The van der Waals surface area contributed by atoms with Gasteiger partial charge < -0.3 is 9.94 Å². The lowest BCUT2D eigenvalue weighted by molar-refractivity contribution is 0.322. The Morgan fingerprint density at radius 2 is 2.46 bits per heavy atom. The van der Waals surface area contributed by atoms with Gasteiger partial charge in [-0.25, -0.2) is 0 Å². The second-order valence-corrected chi connectivity index (χ2v) is 2.26. The number of hydrogen-bond donors (Lipinski definition) is 1. The van der Waals surface area contributed by atoms with Gasteiger partial charge in [0.15, 0.2) is 6.61 Å². The van der Waals surface area contributed by atoms with Crippen LogP contribution in [-0.4, -0.2) is 18.0 Å². The van der Waals surface area contributed by atoms with Crippen molar-refractivity contribution >= 4 is 6.21 Å². The average Bonchev–Trinajstić information content (AvgIpc) is 2.16. The summed E-state index contributed by atoms with van der Waals surface area (Å²) < 4.78 is 5.04. The van der Waals surface area contributed by atoms with Crippen LogP contribution >= 0.6 is 0 Å². The molecule has 0 saturated carbocycles. The molecule has 0 heterocycles. The first-order chi connectivity index (χ1) is 6.36. The topological polar surface area (TPSA) is 65.6 Å². The third-order valence-corrected chi connectivity index (χ3v) is 1.37. The van der Waals surface area contributed by atoms with Crippen LogP contribution in [0, 0.1) is 11.3 Å². The Morgan fingerprint density at radius 3 is 3.15 bits per heavy atom. The number of rotatable bonds is 3. The lowest BCUT2D eigenvalue weighted by Gasteiger charge is -2.00. The summed E-state index contributed by atoms with van der Waals surface area (Å²) in [5, 5.41) is 19.4. The van der Waals surface area contributed by atoms with Gasteiger partial charge in [0.05, 0.1) is 6.21 Å². The highest BCUT2D eigenvalue weighted by atomic mass is 16.5. The average molecular weight is 176 g/mol. The molecule has 1 N–H and O–H groups in total. The number of nitrogens with zero attached hydrogens (tertiary/aromatic N) is 2. The zero-order valence-corrected chi connectivity index (χ0v) is 6.84. The first kappa shape index (κ1) is 9.07. The van der Waals surface area contributed by atoms with E-state index in [2.05, 4.69) is 5.16 Å². The van der Waals surface area contributed by atoms with Crippen LogP contribution in [-0.2, 0) is 0 Å². The van der Waals surface area contributed by atoms with Crippen molar-refractivity contribution in [1.29, 1.82) is 5.26 Å². The highest BCUT2D eigenvalue weighted by Crippen LogP contribution is 2.11. The van der Waals surface area contributed by atoms with E-state index in [9.17, 15) is 0 Å². The minimum atomic E-state index is 0.0136. The molecule has 0 unspecified atom stereocenters. The molecule has 0 aliphatic rings. The maximum Gasteiger partial charge on any atom is 0.174 e. The van der Waals surface area contributed by atoms with Crippen LogP contribution in [0.3, 0.4) is 0 Å². The predicted molar refractivity (Wildman–Crippen MR) is 46.9 cm³/mol. The molecule has 0 aromatic heterocycles. The predicted octanol–water partition coefficient (Wildman–Crippen LogP) is 1.40. The SMILES string of the molecule is N#CCOc1cccc(/C=N/O)c1. The van der Waals surface area contributed by atoms with Crippen LogP contribution in [0.5, 0.6) is 5.75 Å². The zero-order chi connectivity index (χ0) is 9.52. The van der Waals surface area contributed by atoms with Crippen molar-refractivity contribution in [2.24, 2.45) is 5.16 Å². The Balaban J connectivity index is 2.74. The Bertz CT molecular complexity index is 342. The van der Waals surface area contributed by atoms with Crippen molar-refractivity contribution in [2.75, 3.05) is 6.61 Å². The highest BCUT2D eigenvalue weighted by molar-refractivity contribution is 5.79. The molecule has 1 aromatic rings. The van der Waals surface area contributed by atoms with Gasteiger partial charge in [0.1, 0.15) is 11.8 Å². The van der Waals surface area contributed by atoms with Crippen LogP contribution in [0.15, 0.2) is 29.4 Å². The van der Waals surface area contributed by atoms with Crippen molar-refractivity contribution < 1.29 is 9.94 Å². The molecular weight excluding hydrogens is 168 g/mol. The van der Waals surface area contributed by atoms with E-state index in [1.54, 1.807) is 24.3 Å². The van der Waals surface area contributed by atoms with Gasteiger partial charge in [-0.15, -0.1) is 0 Å². The fraction of sp³-hybridized carbons (Fsp3) is 0.111. The van der Waals surface area contributed by atoms with E-state index in [0.29, 0.717) is 5.75 Å². The molecular formula is C9H8N2O2. The summed E-state index contributed by atoms with van der Waals surface area (Å²) in [6.07, 6.45) is 1.29. The summed E-state index contributed by atoms with van der Waals surface area (Å²) in [5.74, 6) is 0.582. The molecule has 0 radical (unpaired) electrons. The number of benzene rings is 1. The fourth-order valence-electron chi connectivity index (χ4n) is 0.867. The highest BCUT2D eigenvalue weighted by Gasteiger charge is 1.93. The summed E-state index contributed by atoms with van der Waals surface area (Å²) in [5.41, 5.74) is 0.720. The maximum atomic E-state index is 8.26. The molecule has 0 amide bonds. The van der Waals surface area contributed by atoms with Gasteiger partial charge in [0.25, 0.3) is 0 Å². The molecule has 0 spiro atoms. The molecule has 4 nitrogen and oxygen atoms in total. The van der Waals surface area contributed by atoms with E-state index in [1.807, 2.05) is 6.07 Å². The van der Waals surface area contributed by atoms with Gasteiger partial charge in [0, 0.05) is 0 Å². The second kappa shape index (κ2) is 4.78. The van der Waals surface area contributed by atoms with E-state index in [0.717, 1.165) is 5.56 Å². The Hall–Kier alpha value is -2.02. The van der Waals surface area contributed by atoms with Gasteiger partial charge in [-0.2, -0.15) is 5.26 Å². The Labute approximate surface area is 75.7 Å². The molecule has 0 aliphatic carbocycles. The van der Waals surface area contributed by atoms with Crippen LogP contribution < -0.4 is 4.74 Å². The van der Waals surface area contributed by atoms with Crippen molar-refractivity contribution in [3.05, 3.63) is 29.8 Å². The maximum absolute atomic E-state index is 8.26. The van der Waals surface area contributed by atoms with Crippen molar-refractivity contribution in [3.8, 4) is 11.8 Å². The molecule has 13 heavy (non-hydrogen) atoms. The molecule has 0 aliphatic heterocycles. The van der Waals surface area contributed by atoms with E-state index in [4.69, 9.17) is 15.2 Å². The van der Waals surface area contributed by atoms with E-state index < -0.39 is 0 Å². The quantitative estimate of drug-likeness (QED) is 0.430. The molecule has 0 saturated heterocycles. The smallest absolute Gasteiger partial charge is 0.174 e. The summed E-state index contributed by atoms with van der Waals surface area (Å²) in [6.45, 7) is 0.0136. The number of hydrogen-bond acceptors (Lipinski definition) is 4. The van der Waals surface area contributed by atoms with Crippen molar-refractivity contribution in [3.63, 3.8) is 0 Å². The first-order valence-electron chi connectivity index (χ1n) is 3.64. The largest absolute Gasteiger partial charge is 0.479 e. The third kappa shape index (κ3) is 2.83. The zero-order valence-electron chi connectivity index (χ0n) is 6.84. The van der Waals surface area contributed by atoms with Crippen LogP contribution in [0.1, 0.15) is 5.56 Å². The summed E-state index contributed by atoms with van der Waals surface area (Å²) >= 11 is 0. The van der Waals surface area contributed by atoms with Crippen LogP contribution in [0.4, 0.5) is 0 Å². The van der Waals surface area contributed by atoms with E-state index in [-0.39, 0.29) is 6.61 Å². The van der Waals surface area contributed by atoms with Gasteiger partial charge in [0.2, 0.25) is 0 Å². The van der Waals surface area contributed by atoms with Crippen molar-refractivity contribution in [1.82, 2.24) is 0 Å². The molecule has 0 atom stereocenters. The molecule has 1 aromatic carbocycles. The number of oxime groups is 1. The first-order valence-corrected chi connectivity index (χ1v) is 3.64. The molecule has 0 bridgehead atoms. The molecule has 66 valence electrons. The van der Waals surface area contributed by atoms with E-state index in [1.165, 1.54) is 6.21 Å². The lowest BCUT2D eigenvalue weighted by Crippen LogP contribution is -1.93. The second-order valence-electron chi connectivity index (χ2n) is 2.26. The number of ether oxygens (including phenoxy) is 1. The third-order valence-electron chi connectivity index (χ3n) is 1.37.